The molecular formula is C17H16FN3O2. The van der Waals surface area contributed by atoms with E-state index in [1.165, 1.54) is 24.3 Å². The molecule has 0 unspecified atom stereocenters. The van der Waals surface area contributed by atoms with Gasteiger partial charge < -0.3 is 5.32 Å². The van der Waals surface area contributed by atoms with Crippen LogP contribution in [0.4, 0.5) is 10.1 Å². The first-order valence-electron chi connectivity index (χ1n) is 6.94. The average Bonchev–Trinajstić information content (AvgIpc) is 2.55. The molecule has 0 bridgehead atoms. The maximum Gasteiger partial charge on any atom is 0.329 e. The highest BCUT2D eigenvalue weighted by Crippen LogP contribution is 2.08. The van der Waals surface area contributed by atoms with Crippen LogP contribution in [0.3, 0.4) is 0 Å². The third-order valence-electron chi connectivity index (χ3n) is 3.10. The molecule has 2 N–H and O–H groups in total. The normalized spacial score (nSPS) is 11.0. The van der Waals surface area contributed by atoms with Gasteiger partial charge >= 0.3 is 11.8 Å². The Bertz CT molecular complexity index is 737. The Balaban J connectivity index is 1.95. The van der Waals surface area contributed by atoms with Gasteiger partial charge in [-0.15, -0.1) is 0 Å². The number of hydrogen-bond acceptors (Lipinski definition) is 3. The third-order valence-corrected chi connectivity index (χ3v) is 3.10. The molecule has 0 spiro atoms. The van der Waals surface area contributed by atoms with E-state index in [1.54, 1.807) is 19.1 Å². The highest BCUT2D eigenvalue weighted by Gasteiger charge is 2.13. The zero-order valence-electron chi connectivity index (χ0n) is 12.8. The molecule has 0 aliphatic rings. The first-order chi connectivity index (χ1) is 11.0. The van der Waals surface area contributed by atoms with Crippen molar-refractivity contribution < 1.29 is 14.0 Å². The van der Waals surface area contributed by atoms with Crippen LogP contribution in [0.5, 0.6) is 0 Å². The van der Waals surface area contributed by atoms with Crippen LogP contribution in [0.25, 0.3) is 0 Å². The maximum atomic E-state index is 12.8. The van der Waals surface area contributed by atoms with Crippen molar-refractivity contribution in [3.8, 4) is 0 Å². The maximum absolute atomic E-state index is 12.8. The molecular weight excluding hydrogens is 297 g/mol. The Morgan fingerprint density at radius 3 is 2.17 bits per heavy atom. The van der Waals surface area contributed by atoms with Crippen LogP contribution in [0.1, 0.15) is 18.1 Å². The SMILES string of the molecule is C/C(=N/NC(=O)C(=O)Nc1ccc(C)cc1)c1ccc(F)cc1. The van der Waals surface area contributed by atoms with Crippen LogP contribution in [-0.4, -0.2) is 17.5 Å². The first-order valence-corrected chi connectivity index (χ1v) is 6.94. The van der Waals surface area contributed by atoms with Gasteiger partial charge in [0.1, 0.15) is 5.82 Å². The van der Waals surface area contributed by atoms with Crippen LogP contribution < -0.4 is 10.7 Å². The standard InChI is InChI=1S/C17H16FN3O2/c1-11-3-9-15(10-4-11)19-16(22)17(23)21-20-12(2)13-5-7-14(18)8-6-13/h3-10H,1-2H3,(H,19,22)(H,21,23)/b20-12-. The van der Waals surface area contributed by atoms with Crippen LogP contribution >= 0.6 is 0 Å². The number of carbonyl (C=O) groups is 2. The van der Waals surface area contributed by atoms with E-state index in [-0.39, 0.29) is 5.82 Å². The van der Waals surface area contributed by atoms with Crippen LogP contribution in [0.2, 0.25) is 0 Å². The van der Waals surface area contributed by atoms with Crippen molar-refractivity contribution in [2.24, 2.45) is 5.10 Å². The predicted molar refractivity (Wildman–Crippen MR) is 86.6 cm³/mol. The largest absolute Gasteiger partial charge is 0.329 e. The summed E-state index contributed by atoms with van der Waals surface area (Å²) in [7, 11) is 0. The van der Waals surface area contributed by atoms with Crippen LogP contribution in [0.15, 0.2) is 53.6 Å². The fourth-order valence-corrected chi connectivity index (χ4v) is 1.77. The molecule has 0 radical (unpaired) electrons. The van der Waals surface area contributed by atoms with Crippen molar-refractivity contribution in [1.29, 1.82) is 0 Å². The van der Waals surface area contributed by atoms with E-state index in [0.717, 1.165) is 5.56 Å². The van der Waals surface area contributed by atoms with E-state index in [4.69, 9.17) is 0 Å². The Morgan fingerprint density at radius 2 is 1.57 bits per heavy atom. The molecule has 0 atom stereocenters. The van der Waals surface area contributed by atoms with E-state index >= 15 is 0 Å². The van der Waals surface area contributed by atoms with Gasteiger partial charge in [-0.25, -0.2) is 9.82 Å². The van der Waals surface area contributed by atoms with E-state index in [0.29, 0.717) is 17.0 Å². The van der Waals surface area contributed by atoms with Crippen molar-refractivity contribution >= 4 is 23.2 Å². The molecule has 0 saturated heterocycles. The van der Waals surface area contributed by atoms with Gasteiger partial charge in [-0.1, -0.05) is 29.8 Å². The number of hydrazone groups is 1. The molecule has 0 aliphatic heterocycles. The second kappa shape index (κ2) is 7.31. The summed E-state index contributed by atoms with van der Waals surface area (Å²) in [5.41, 5.74) is 4.85. The van der Waals surface area contributed by atoms with Gasteiger partial charge in [0.15, 0.2) is 0 Å². The van der Waals surface area contributed by atoms with Crippen molar-refractivity contribution in [2.75, 3.05) is 5.32 Å². The van der Waals surface area contributed by atoms with Crippen molar-refractivity contribution in [3.63, 3.8) is 0 Å². The quantitative estimate of drug-likeness (QED) is 0.519. The number of amides is 2. The summed E-state index contributed by atoms with van der Waals surface area (Å²) < 4.78 is 12.8. The van der Waals surface area contributed by atoms with Gasteiger partial charge in [0.2, 0.25) is 0 Å². The number of hydrogen-bond donors (Lipinski definition) is 2. The number of carbonyl (C=O) groups excluding carboxylic acids is 2. The van der Waals surface area contributed by atoms with E-state index in [2.05, 4.69) is 15.8 Å². The number of nitrogens with one attached hydrogen (secondary N) is 2. The molecule has 5 nitrogen and oxygen atoms in total. The minimum absolute atomic E-state index is 0.358. The summed E-state index contributed by atoms with van der Waals surface area (Å²) in [6.07, 6.45) is 0. The van der Waals surface area contributed by atoms with Gasteiger partial charge in [0, 0.05) is 5.69 Å². The minimum Gasteiger partial charge on any atom is -0.318 e. The smallest absolute Gasteiger partial charge is 0.318 e. The lowest BCUT2D eigenvalue weighted by atomic mass is 10.1. The molecule has 0 saturated carbocycles. The Hall–Kier alpha value is -3.02. The van der Waals surface area contributed by atoms with Crippen molar-refractivity contribution in [2.45, 2.75) is 13.8 Å². The highest BCUT2D eigenvalue weighted by atomic mass is 19.1. The fraction of sp³-hybridized carbons (Fsp3) is 0.118. The third kappa shape index (κ3) is 4.74. The summed E-state index contributed by atoms with van der Waals surface area (Å²) in [5.74, 6) is -2.06. The van der Waals surface area contributed by atoms with Gasteiger partial charge in [0.05, 0.1) is 5.71 Å². The second-order valence-corrected chi connectivity index (χ2v) is 4.97. The molecule has 0 fully saturated rings. The van der Waals surface area contributed by atoms with E-state index in [9.17, 15) is 14.0 Å². The molecule has 118 valence electrons. The molecule has 2 aromatic carbocycles. The first kappa shape index (κ1) is 16.4. The fourth-order valence-electron chi connectivity index (χ4n) is 1.77. The number of aryl methyl sites for hydroxylation is 1. The summed E-state index contributed by atoms with van der Waals surface area (Å²) in [5, 5.41) is 6.30. The molecule has 2 amide bonds. The van der Waals surface area contributed by atoms with Crippen molar-refractivity contribution in [1.82, 2.24) is 5.43 Å². The lowest BCUT2D eigenvalue weighted by Crippen LogP contribution is -2.32. The molecule has 0 aromatic heterocycles. The topological polar surface area (TPSA) is 70.6 Å². The van der Waals surface area contributed by atoms with Crippen LogP contribution in [-0.2, 0) is 9.59 Å². The number of benzene rings is 2. The van der Waals surface area contributed by atoms with Gasteiger partial charge in [0.25, 0.3) is 0 Å². The summed E-state index contributed by atoms with van der Waals surface area (Å²) in [6, 6.07) is 12.7. The highest BCUT2D eigenvalue weighted by molar-refractivity contribution is 6.39. The Morgan fingerprint density at radius 1 is 0.957 bits per heavy atom. The average molecular weight is 313 g/mol. The Labute approximate surface area is 133 Å². The second-order valence-electron chi connectivity index (χ2n) is 4.97. The van der Waals surface area contributed by atoms with Gasteiger partial charge in [-0.2, -0.15) is 5.10 Å². The lowest BCUT2D eigenvalue weighted by molar-refractivity contribution is -0.136. The minimum atomic E-state index is -0.882. The number of anilines is 1. The Kier molecular flexibility index (Phi) is 5.19. The van der Waals surface area contributed by atoms with E-state index < -0.39 is 11.8 Å². The summed E-state index contributed by atoms with van der Waals surface area (Å²) >= 11 is 0. The van der Waals surface area contributed by atoms with Gasteiger partial charge in [-0.05, 0) is 43.7 Å². The lowest BCUT2D eigenvalue weighted by Gasteiger charge is -2.05. The number of halogens is 1. The summed E-state index contributed by atoms with van der Waals surface area (Å²) in [4.78, 5) is 23.5. The van der Waals surface area contributed by atoms with Crippen LogP contribution in [0, 0.1) is 12.7 Å². The number of rotatable bonds is 3. The monoisotopic (exact) mass is 313 g/mol. The summed E-state index contributed by atoms with van der Waals surface area (Å²) in [6.45, 7) is 3.57. The van der Waals surface area contributed by atoms with Gasteiger partial charge in [-0.3, -0.25) is 9.59 Å². The molecule has 0 heterocycles. The van der Waals surface area contributed by atoms with Crippen molar-refractivity contribution in [3.05, 3.63) is 65.5 Å². The molecule has 23 heavy (non-hydrogen) atoms. The number of nitrogens with zero attached hydrogens (tertiary/aromatic N) is 1. The molecule has 2 rings (SSSR count). The molecule has 6 heteroatoms. The zero-order chi connectivity index (χ0) is 16.8. The molecule has 2 aromatic rings. The zero-order valence-corrected chi connectivity index (χ0v) is 12.8. The predicted octanol–water partition coefficient (Wildman–Crippen LogP) is 2.61. The molecule has 0 aliphatic carbocycles. The van der Waals surface area contributed by atoms with E-state index in [1.807, 2.05) is 19.1 Å².